The summed E-state index contributed by atoms with van der Waals surface area (Å²) in [5, 5.41) is 5.23. The van der Waals surface area contributed by atoms with Crippen LogP contribution in [0.5, 0.6) is 5.75 Å². The van der Waals surface area contributed by atoms with E-state index >= 15 is 0 Å². The molecule has 31 heavy (non-hydrogen) atoms. The third kappa shape index (κ3) is 7.21. The van der Waals surface area contributed by atoms with E-state index in [9.17, 15) is 16.8 Å². The molecule has 2 aromatic carbocycles. The van der Waals surface area contributed by atoms with Crippen LogP contribution in [0.15, 0.2) is 48.7 Å². The minimum Gasteiger partial charge on any atom is -0.497 e. The SMILES string of the molecule is COc1ccc(Cn2ncc3ccc([C@@H](COS(C)(=O)=O)OS(C)(=O)=O)cc32)cc1.S. The zero-order valence-electron chi connectivity index (χ0n) is 17.2. The lowest BCUT2D eigenvalue weighted by atomic mass is 10.1. The van der Waals surface area contributed by atoms with Gasteiger partial charge in [0.25, 0.3) is 20.2 Å². The molecule has 0 radical (unpaired) electrons. The molecule has 9 nitrogen and oxygen atoms in total. The molecular formula is C19H24N2O7S3. The van der Waals surface area contributed by atoms with Crippen LogP contribution in [0.25, 0.3) is 10.9 Å². The fraction of sp³-hybridized carbons (Fsp3) is 0.316. The summed E-state index contributed by atoms with van der Waals surface area (Å²) in [5.74, 6) is 0.748. The average molecular weight is 489 g/mol. The Morgan fingerprint density at radius 2 is 1.68 bits per heavy atom. The van der Waals surface area contributed by atoms with Crippen LogP contribution in [0.4, 0.5) is 0 Å². The van der Waals surface area contributed by atoms with Crippen molar-refractivity contribution in [1.82, 2.24) is 9.78 Å². The fourth-order valence-corrected chi connectivity index (χ4v) is 3.85. The zero-order valence-corrected chi connectivity index (χ0v) is 19.8. The summed E-state index contributed by atoms with van der Waals surface area (Å²) in [6, 6.07) is 12.7. The van der Waals surface area contributed by atoms with Crippen molar-refractivity contribution in [1.29, 1.82) is 0 Å². The van der Waals surface area contributed by atoms with Crippen LogP contribution in [-0.2, 0) is 35.1 Å². The highest BCUT2D eigenvalue weighted by molar-refractivity contribution is 7.86. The molecule has 1 heterocycles. The molecule has 0 bridgehead atoms. The maximum atomic E-state index is 11.7. The molecule has 1 aromatic heterocycles. The Morgan fingerprint density at radius 3 is 2.26 bits per heavy atom. The second kappa shape index (κ2) is 10.0. The molecule has 3 aromatic rings. The third-order valence-corrected chi connectivity index (χ3v) is 5.40. The summed E-state index contributed by atoms with van der Waals surface area (Å²) in [5.41, 5.74) is 2.19. The number of hydrogen-bond acceptors (Lipinski definition) is 8. The lowest BCUT2D eigenvalue weighted by Gasteiger charge is -2.16. The standard InChI is InChI=1S/C19H22N2O7S2.H2S/c1-26-17-8-4-14(5-9-17)12-21-18-10-15(6-7-16(18)11-20-21)19(28-30(3,24)25)13-27-29(2,22)23;/h4-11,19H,12-13H2,1-3H3;1H2/t19-;/m1./s1. The Morgan fingerprint density at radius 1 is 1.00 bits per heavy atom. The summed E-state index contributed by atoms with van der Waals surface area (Å²) in [6.07, 6.45) is 2.36. The number of methoxy groups -OCH3 is 1. The predicted octanol–water partition coefficient (Wildman–Crippen LogP) is 2.20. The van der Waals surface area contributed by atoms with Crippen molar-refractivity contribution in [2.75, 3.05) is 26.2 Å². The first kappa shape index (κ1) is 25.1. The number of aromatic nitrogens is 2. The smallest absolute Gasteiger partial charge is 0.265 e. The van der Waals surface area contributed by atoms with Crippen LogP contribution < -0.4 is 4.74 Å². The molecule has 0 saturated heterocycles. The average Bonchev–Trinajstić information content (AvgIpc) is 3.06. The van der Waals surface area contributed by atoms with Gasteiger partial charge in [-0.25, -0.2) is 0 Å². The summed E-state index contributed by atoms with van der Waals surface area (Å²) in [4.78, 5) is 0. The van der Waals surface area contributed by atoms with Crippen LogP contribution in [-0.4, -0.2) is 52.8 Å². The van der Waals surface area contributed by atoms with E-state index < -0.39 is 32.9 Å². The van der Waals surface area contributed by atoms with Gasteiger partial charge in [-0.3, -0.25) is 13.0 Å². The first-order valence-corrected chi connectivity index (χ1v) is 12.5. The lowest BCUT2D eigenvalue weighted by molar-refractivity contribution is 0.141. The number of rotatable bonds is 9. The van der Waals surface area contributed by atoms with E-state index in [0.717, 1.165) is 34.7 Å². The van der Waals surface area contributed by atoms with Gasteiger partial charge >= 0.3 is 0 Å². The molecule has 0 unspecified atom stereocenters. The van der Waals surface area contributed by atoms with Gasteiger partial charge in [0, 0.05) is 5.39 Å². The zero-order chi connectivity index (χ0) is 21.9. The van der Waals surface area contributed by atoms with Crippen LogP contribution in [0.3, 0.4) is 0 Å². The number of nitrogens with zero attached hydrogens (tertiary/aromatic N) is 2. The monoisotopic (exact) mass is 488 g/mol. The maximum absolute atomic E-state index is 11.7. The van der Waals surface area contributed by atoms with E-state index in [0.29, 0.717) is 12.1 Å². The van der Waals surface area contributed by atoms with Gasteiger partial charge in [0.05, 0.1) is 44.5 Å². The Bertz CT molecular complexity index is 1240. The normalized spacial score (nSPS) is 13.0. The van der Waals surface area contributed by atoms with Gasteiger partial charge in [0.15, 0.2) is 0 Å². The van der Waals surface area contributed by atoms with Crippen LogP contribution in [0.1, 0.15) is 17.2 Å². The first-order valence-electron chi connectivity index (χ1n) is 8.85. The van der Waals surface area contributed by atoms with Crippen molar-refractivity contribution in [2.24, 2.45) is 0 Å². The highest BCUT2D eigenvalue weighted by atomic mass is 32.2. The maximum Gasteiger partial charge on any atom is 0.265 e. The van der Waals surface area contributed by atoms with E-state index in [1.54, 1.807) is 36.2 Å². The van der Waals surface area contributed by atoms with E-state index in [1.165, 1.54) is 0 Å². The first-order chi connectivity index (χ1) is 14.0. The Labute approximate surface area is 188 Å². The van der Waals surface area contributed by atoms with Gasteiger partial charge in [0.2, 0.25) is 0 Å². The molecule has 0 spiro atoms. The molecule has 0 N–H and O–H groups in total. The van der Waals surface area contributed by atoms with E-state index in [1.807, 2.05) is 24.3 Å². The minimum absolute atomic E-state index is 0. The predicted molar refractivity (Wildman–Crippen MR) is 122 cm³/mol. The van der Waals surface area contributed by atoms with Gasteiger partial charge < -0.3 is 4.74 Å². The van der Waals surface area contributed by atoms with Crippen molar-refractivity contribution >= 4 is 44.6 Å². The molecule has 0 amide bonds. The van der Waals surface area contributed by atoms with Crippen LogP contribution >= 0.6 is 13.5 Å². The molecule has 12 heteroatoms. The summed E-state index contributed by atoms with van der Waals surface area (Å²) >= 11 is 0. The Kier molecular flexibility index (Phi) is 8.11. The number of hydrogen-bond donors (Lipinski definition) is 0. The third-order valence-electron chi connectivity index (χ3n) is 4.26. The molecule has 170 valence electrons. The minimum atomic E-state index is -3.85. The van der Waals surface area contributed by atoms with Gasteiger partial charge in [0.1, 0.15) is 11.9 Å². The number of benzene rings is 2. The highest BCUT2D eigenvalue weighted by Crippen LogP contribution is 2.26. The van der Waals surface area contributed by atoms with Crippen molar-refractivity contribution < 1.29 is 29.9 Å². The fourth-order valence-electron chi connectivity index (χ4n) is 2.89. The van der Waals surface area contributed by atoms with E-state index in [-0.39, 0.29) is 13.5 Å². The second-order valence-corrected chi connectivity index (χ2v) is 9.99. The molecule has 0 fully saturated rings. The topological polar surface area (TPSA) is 114 Å². The van der Waals surface area contributed by atoms with Gasteiger partial charge in [-0.15, -0.1) is 0 Å². The van der Waals surface area contributed by atoms with E-state index in [2.05, 4.69) is 5.10 Å². The molecule has 3 rings (SSSR count). The number of ether oxygens (including phenoxy) is 1. The van der Waals surface area contributed by atoms with E-state index in [4.69, 9.17) is 13.1 Å². The molecule has 0 aliphatic heterocycles. The summed E-state index contributed by atoms with van der Waals surface area (Å²) in [6.45, 7) is 0.0123. The molecule has 0 aliphatic carbocycles. The molecule has 1 atom stereocenters. The highest BCUT2D eigenvalue weighted by Gasteiger charge is 2.21. The Hall–Kier alpha value is -2.12. The largest absolute Gasteiger partial charge is 0.497 e. The van der Waals surface area contributed by atoms with Crippen molar-refractivity contribution in [2.45, 2.75) is 12.6 Å². The quantitative estimate of drug-likeness (QED) is 0.421. The summed E-state index contributed by atoms with van der Waals surface area (Å²) < 4.78 is 62.8. The van der Waals surface area contributed by atoms with Crippen LogP contribution in [0, 0.1) is 0 Å². The number of fused-ring (bicyclic) bond motifs is 1. The van der Waals surface area contributed by atoms with Crippen LogP contribution in [0.2, 0.25) is 0 Å². The molecule has 0 saturated carbocycles. The molecular weight excluding hydrogens is 464 g/mol. The summed E-state index contributed by atoms with van der Waals surface area (Å²) in [7, 11) is -6.03. The lowest BCUT2D eigenvalue weighted by Crippen LogP contribution is -2.18. The Balaban J connectivity index is 0.00000341. The van der Waals surface area contributed by atoms with Gasteiger partial charge in [-0.05, 0) is 29.3 Å². The second-order valence-electron chi connectivity index (χ2n) is 6.75. The van der Waals surface area contributed by atoms with Gasteiger partial charge in [-0.2, -0.15) is 35.4 Å². The van der Waals surface area contributed by atoms with Crippen molar-refractivity contribution in [3.8, 4) is 5.75 Å². The molecule has 0 aliphatic rings. The van der Waals surface area contributed by atoms with Crippen molar-refractivity contribution in [3.05, 3.63) is 59.8 Å². The van der Waals surface area contributed by atoms with Gasteiger partial charge in [-0.1, -0.05) is 24.3 Å². The van der Waals surface area contributed by atoms with Crippen molar-refractivity contribution in [3.63, 3.8) is 0 Å².